The lowest BCUT2D eigenvalue weighted by molar-refractivity contribution is -0.142. The molecule has 0 aliphatic rings. The van der Waals surface area contributed by atoms with Crippen LogP contribution in [-0.4, -0.2) is 31.7 Å². The van der Waals surface area contributed by atoms with Gasteiger partial charge in [-0.25, -0.2) is 0 Å². The van der Waals surface area contributed by atoms with Gasteiger partial charge in [0.2, 0.25) is 0 Å². The molecule has 0 amide bonds. The van der Waals surface area contributed by atoms with E-state index in [1.165, 1.54) is 7.11 Å². The first-order valence-corrected chi connectivity index (χ1v) is 4.43. The second-order valence-corrected chi connectivity index (χ2v) is 2.89. The van der Waals surface area contributed by atoms with Gasteiger partial charge in [0, 0.05) is 12.7 Å². The molecule has 1 rings (SSSR count). The third kappa shape index (κ3) is 2.53. The minimum atomic E-state index is -0.328. The summed E-state index contributed by atoms with van der Waals surface area (Å²) in [4.78, 5) is 15.5. The van der Waals surface area contributed by atoms with Gasteiger partial charge in [-0.3, -0.25) is 9.78 Å². The van der Waals surface area contributed by atoms with Crippen LogP contribution in [0.25, 0.3) is 0 Å². The third-order valence-corrected chi connectivity index (χ3v) is 1.94. The van der Waals surface area contributed by atoms with Crippen molar-refractivity contribution in [3.63, 3.8) is 0 Å². The minimum Gasteiger partial charge on any atom is -0.468 e. The van der Waals surface area contributed by atoms with Crippen molar-refractivity contribution in [2.45, 2.75) is 5.92 Å². The average Bonchev–Trinajstić information content (AvgIpc) is 2.26. The Morgan fingerprint density at radius 3 is 2.93 bits per heavy atom. The lowest BCUT2D eigenvalue weighted by Gasteiger charge is -2.12. The fourth-order valence-corrected chi connectivity index (χ4v) is 1.24. The highest BCUT2D eigenvalue weighted by atomic mass is 16.5. The van der Waals surface area contributed by atoms with E-state index in [9.17, 15) is 4.79 Å². The Balaban J connectivity index is 2.83. The maximum absolute atomic E-state index is 11.4. The van der Waals surface area contributed by atoms with Crippen LogP contribution < -0.4 is 5.32 Å². The van der Waals surface area contributed by atoms with Crippen LogP contribution >= 0.6 is 0 Å². The van der Waals surface area contributed by atoms with E-state index in [2.05, 4.69) is 10.3 Å². The number of nitrogens with one attached hydrogen (secondary N) is 1. The highest BCUT2D eigenvalue weighted by Gasteiger charge is 2.21. The van der Waals surface area contributed by atoms with Crippen molar-refractivity contribution >= 4 is 5.97 Å². The van der Waals surface area contributed by atoms with Crippen LogP contribution in [0.15, 0.2) is 24.4 Å². The number of nitrogens with zero attached hydrogens (tertiary/aromatic N) is 1. The molecule has 4 heteroatoms. The molecule has 0 aromatic carbocycles. The molecule has 4 nitrogen and oxygen atoms in total. The van der Waals surface area contributed by atoms with Gasteiger partial charge in [-0.1, -0.05) is 6.07 Å². The van der Waals surface area contributed by atoms with E-state index in [-0.39, 0.29) is 11.9 Å². The van der Waals surface area contributed by atoms with Gasteiger partial charge in [0.25, 0.3) is 0 Å². The highest BCUT2D eigenvalue weighted by molar-refractivity contribution is 5.77. The summed E-state index contributed by atoms with van der Waals surface area (Å²) < 4.78 is 4.70. The summed E-state index contributed by atoms with van der Waals surface area (Å²) >= 11 is 0. The zero-order valence-electron chi connectivity index (χ0n) is 8.36. The second kappa shape index (κ2) is 5.34. The number of hydrogen-bond donors (Lipinski definition) is 1. The molecule has 1 unspecified atom stereocenters. The van der Waals surface area contributed by atoms with Gasteiger partial charge in [0.15, 0.2) is 0 Å². The Bertz CT molecular complexity index is 287. The Kier molecular flexibility index (Phi) is 4.07. The smallest absolute Gasteiger partial charge is 0.316 e. The van der Waals surface area contributed by atoms with Crippen LogP contribution in [0.1, 0.15) is 11.6 Å². The molecule has 0 fully saturated rings. The Morgan fingerprint density at radius 1 is 1.64 bits per heavy atom. The predicted octanol–water partition coefficient (Wildman–Crippen LogP) is 0.558. The maximum atomic E-state index is 11.4. The molecule has 0 bridgehead atoms. The first kappa shape index (κ1) is 10.7. The summed E-state index contributed by atoms with van der Waals surface area (Å²) in [6, 6.07) is 5.49. The first-order valence-electron chi connectivity index (χ1n) is 4.43. The number of hydrogen-bond acceptors (Lipinski definition) is 4. The summed E-state index contributed by atoms with van der Waals surface area (Å²) in [5.74, 6) is -0.593. The van der Waals surface area contributed by atoms with E-state index >= 15 is 0 Å². The number of carbonyl (C=O) groups excluding carboxylic acids is 1. The van der Waals surface area contributed by atoms with Crippen LogP contribution in [-0.2, 0) is 9.53 Å². The lowest BCUT2D eigenvalue weighted by Crippen LogP contribution is -2.26. The van der Waals surface area contributed by atoms with E-state index in [1.54, 1.807) is 13.2 Å². The molecule has 1 atom stereocenters. The zero-order chi connectivity index (χ0) is 10.4. The molecular formula is C10H14N2O2. The van der Waals surface area contributed by atoms with Crippen molar-refractivity contribution in [3.05, 3.63) is 30.1 Å². The fourth-order valence-electron chi connectivity index (χ4n) is 1.24. The number of esters is 1. The van der Waals surface area contributed by atoms with E-state index < -0.39 is 0 Å². The number of rotatable bonds is 4. The molecule has 0 aliphatic heterocycles. The lowest BCUT2D eigenvalue weighted by atomic mass is 10.1. The molecule has 0 aliphatic carbocycles. The van der Waals surface area contributed by atoms with Crippen LogP contribution in [0.5, 0.6) is 0 Å². The van der Waals surface area contributed by atoms with Gasteiger partial charge in [-0.05, 0) is 19.2 Å². The normalized spacial score (nSPS) is 12.1. The van der Waals surface area contributed by atoms with Gasteiger partial charge in [-0.15, -0.1) is 0 Å². The topological polar surface area (TPSA) is 51.2 Å². The Morgan fingerprint density at radius 2 is 2.43 bits per heavy atom. The molecule has 1 N–H and O–H groups in total. The number of methoxy groups -OCH3 is 1. The number of carbonyl (C=O) groups is 1. The summed E-state index contributed by atoms with van der Waals surface area (Å²) in [6.07, 6.45) is 1.67. The highest BCUT2D eigenvalue weighted by Crippen LogP contribution is 2.13. The first-order chi connectivity index (χ1) is 6.79. The van der Waals surface area contributed by atoms with Gasteiger partial charge in [-0.2, -0.15) is 0 Å². The number of aromatic nitrogens is 1. The molecule has 14 heavy (non-hydrogen) atoms. The average molecular weight is 194 g/mol. The minimum absolute atomic E-state index is 0.266. The van der Waals surface area contributed by atoms with Crippen LogP contribution in [0, 0.1) is 0 Å². The van der Waals surface area contributed by atoms with Crippen LogP contribution in [0.3, 0.4) is 0 Å². The summed E-state index contributed by atoms with van der Waals surface area (Å²) in [7, 11) is 3.17. The summed E-state index contributed by atoms with van der Waals surface area (Å²) in [6.45, 7) is 0.531. The van der Waals surface area contributed by atoms with Crippen molar-refractivity contribution in [3.8, 4) is 0 Å². The molecule has 0 radical (unpaired) electrons. The maximum Gasteiger partial charge on any atom is 0.316 e. The number of likely N-dealkylation sites (N-methyl/N-ethyl adjacent to an activating group) is 1. The zero-order valence-corrected chi connectivity index (χ0v) is 8.36. The van der Waals surface area contributed by atoms with Crippen molar-refractivity contribution < 1.29 is 9.53 Å². The summed E-state index contributed by atoms with van der Waals surface area (Å²) in [5, 5.41) is 2.94. The summed E-state index contributed by atoms with van der Waals surface area (Å²) in [5.41, 5.74) is 0.730. The molecule has 1 aromatic rings. The van der Waals surface area contributed by atoms with Crippen LogP contribution in [0.2, 0.25) is 0 Å². The number of pyridine rings is 1. The van der Waals surface area contributed by atoms with Gasteiger partial charge >= 0.3 is 5.97 Å². The van der Waals surface area contributed by atoms with Crippen molar-refractivity contribution in [2.75, 3.05) is 20.7 Å². The predicted molar refractivity (Wildman–Crippen MR) is 52.9 cm³/mol. The molecule has 0 saturated carbocycles. The Hall–Kier alpha value is -1.42. The van der Waals surface area contributed by atoms with Crippen LogP contribution in [0.4, 0.5) is 0 Å². The van der Waals surface area contributed by atoms with Gasteiger partial charge in [0.05, 0.1) is 12.8 Å². The van der Waals surface area contributed by atoms with Gasteiger partial charge in [0.1, 0.15) is 5.92 Å². The van der Waals surface area contributed by atoms with Gasteiger partial charge < -0.3 is 10.1 Å². The second-order valence-electron chi connectivity index (χ2n) is 2.89. The molecule has 1 aromatic heterocycles. The van der Waals surface area contributed by atoms with Crippen molar-refractivity contribution in [1.82, 2.24) is 10.3 Å². The fraction of sp³-hybridized carbons (Fsp3) is 0.400. The molecule has 76 valence electrons. The molecule has 0 spiro atoms. The monoisotopic (exact) mass is 194 g/mol. The molecule has 1 heterocycles. The molecular weight excluding hydrogens is 180 g/mol. The van der Waals surface area contributed by atoms with Crippen molar-refractivity contribution in [2.24, 2.45) is 0 Å². The van der Waals surface area contributed by atoms with E-state index in [0.29, 0.717) is 6.54 Å². The number of ether oxygens (including phenoxy) is 1. The Labute approximate surface area is 83.3 Å². The molecule has 0 saturated heterocycles. The SMILES string of the molecule is CNCC(C(=O)OC)c1ccccn1. The standard InChI is InChI=1S/C10H14N2O2/c1-11-7-8(10(13)14-2)9-5-3-4-6-12-9/h3-6,8,11H,7H2,1-2H3. The van der Waals surface area contributed by atoms with E-state index in [1.807, 2.05) is 18.2 Å². The largest absolute Gasteiger partial charge is 0.468 e. The van der Waals surface area contributed by atoms with E-state index in [0.717, 1.165) is 5.69 Å². The van der Waals surface area contributed by atoms with E-state index in [4.69, 9.17) is 4.74 Å². The quantitative estimate of drug-likeness (QED) is 0.711. The third-order valence-electron chi connectivity index (χ3n) is 1.94. The van der Waals surface area contributed by atoms with Crippen molar-refractivity contribution in [1.29, 1.82) is 0 Å².